The first-order chi connectivity index (χ1) is 7.79. The molecule has 2 nitrogen and oxygen atoms in total. The van der Waals surface area contributed by atoms with Crippen LogP contribution < -0.4 is 0 Å². The summed E-state index contributed by atoms with van der Waals surface area (Å²) in [7, 11) is 0. The van der Waals surface area contributed by atoms with E-state index in [0.29, 0.717) is 6.42 Å². The molecular weight excluding hydrogens is 207 g/mol. The van der Waals surface area contributed by atoms with Gasteiger partial charge in [0.1, 0.15) is 11.6 Å². The lowest BCUT2D eigenvalue weighted by molar-refractivity contribution is 0.259. The minimum atomic E-state index is -0.282. The maximum atomic E-state index is 13.0. The van der Waals surface area contributed by atoms with Crippen LogP contribution >= 0.6 is 0 Å². The average Bonchev–Trinajstić information content (AvgIpc) is 2.78. The van der Waals surface area contributed by atoms with Gasteiger partial charge in [-0.2, -0.15) is 0 Å². The van der Waals surface area contributed by atoms with E-state index in [0.717, 1.165) is 11.3 Å². The van der Waals surface area contributed by atoms with Crippen LogP contribution in [0.1, 0.15) is 17.2 Å². The first kappa shape index (κ1) is 10.9. The molecule has 1 atom stereocenters. The summed E-state index contributed by atoms with van der Waals surface area (Å²) in [5.74, 6) is 0.389. The number of hydrogen-bond donors (Lipinski definition) is 1. The summed E-state index contributed by atoms with van der Waals surface area (Å²) >= 11 is 0. The third kappa shape index (κ3) is 2.49. The second-order valence-electron chi connectivity index (χ2n) is 3.72. The van der Waals surface area contributed by atoms with Crippen LogP contribution in [-0.4, -0.2) is 11.7 Å². The third-order valence-corrected chi connectivity index (χ3v) is 2.57. The van der Waals surface area contributed by atoms with Crippen molar-refractivity contribution in [2.75, 3.05) is 6.61 Å². The Morgan fingerprint density at radius 1 is 1.25 bits per heavy atom. The lowest BCUT2D eigenvalue weighted by atomic mass is 9.95. The van der Waals surface area contributed by atoms with Crippen LogP contribution in [0, 0.1) is 5.82 Å². The first-order valence-corrected chi connectivity index (χ1v) is 5.18. The average molecular weight is 220 g/mol. The van der Waals surface area contributed by atoms with E-state index < -0.39 is 0 Å². The molecule has 0 saturated heterocycles. The van der Waals surface area contributed by atoms with Gasteiger partial charge in [-0.05, 0) is 29.8 Å². The number of benzene rings is 1. The highest BCUT2D eigenvalue weighted by Crippen LogP contribution is 2.21. The van der Waals surface area contributed by atoms with Crippen LogP contribution in [0.5, 0.6) is 0 Å². The summed E-state index contributed by atoms with van der Waals surface area (Å²) in [5.41, 5.74) is 0.791. The van der Waals surface area contributed by atoms with Crippen molar-refractivity contribution in [1.29, 1.82) is 0 Å². The Hall–Kier alpha value is -1.61. The van der Waals surface area contributed by atoms with Crippen LogP contribution in [0.15, 0.2) is 47.1 Å². The monoisotopic (exact) mass is 220 g/mol. The predicted molar refractivity (Wildman–Crippen MR) is 58.6 cm³/mol. The van der Waals surface area contributed by atoms with Gasteiger partial charge in [0.15, 0.2) is 0 Å². The van der Waals surface area contributed by atoms with E-state index >= 15 is 0 Å². The van der Waals surface area contributed by atoms with Crippen LogP contribution in [-0.2, 0) is 6.42 Å². The topological polar surface area (TPSA) is 33.4 Å². The van der Waals surface area contributed by atoms with Gasteiger partial charge < -0.3 is 9.52 Å². The number of rotatable bonds is 4. The van der Waals surface area contributed by atoms with Crippen molar-refractivity contribution < 1.29 is 13.9 Å². The highest BCUT2D eigenvalue weighted by molar-refractivity contribution is 5.22. The maximum Gasteiger partial charge on any atom is 0.123 e. The third-order valence-electron chi connectivity index (χ3n) is 2.57. The molecular formula is C13H13FO2. The van der Waals surface area contributed by atoms with Gasteiger partial charge in [-0.25, -0.2) is 4.39 Å². The van der Waals surface area contributed by atoms with Crippen molar-refractivity contribution in [3.63, 3.8) is 0 Å². The quantitative estimate of drug-likeness (QED) is 0.859. The summed E-state index contributed by atoms with van der Waals surface area (Å²) in [5, 5.41) is 9.31. The van der Waals surface area contributed by atoms with Gasteiger partial charge in [-0.3, -0.25) is 0 Å². The zero-order valence-electron chi connectivity index (χ0n) is 8.77. The van der Waals surface area contributed by atoms with Crippen molar-refractivity contribution in [2.45, 2.75) is 12.3 Å². The van der Waals surface area contributed by atoms with E-state index in [4.69, 9.17) is 4.42 Å². The largest absolute Gasteiger partial charge is 0.469 e. The first-order valence-electron chi connectivity index (χ1n) is 5.18. The van der Waals surface area contributed by atoms with Gasteiger partial charge >= 0.3 is 0 Å². The predicted octanol–water partition coefficient (Wildman–Crippen LogP) is 2.74. The summed E-state index contributed by atoms with van der Waals surface area (Å²) in [6.45, 7) is -0.0237. The number of halogens is 1. The fourth-order valence-corrected chi connectivity index (χ4v) is 1.72. The molecule has 0 aliphatic rings. The number of aliphatic hydroxyl groups is 1. The van der Waals surface area contributed by atoms with E-state index in [-0.39, 0.29) is 18.3 Å². The summed E-state index contributed by atoms with van der Waals surface area (Å²) in [4.78, 5) is 0. The fraction of sp³-hybridized carbons (Fsp3) is 0.231. The van der Waals surface area contributed by atoms with E-state index in [1.54, 1.807) is 18.4 Å². The Bertz CT molecular complexity index is 437. The molecule has 84 valence electrons. The fourth-order valence-electron chi connectivity index (χ4n) is 1.72. The van der Waals surface area contributed by atoms with Crippen molar-refractivity contribution in [3.8, 4) is 0 Å². The van der Waals surface area contributed by atoms with Gasteiger partial charge in [0, 0.05) is 12.3 Å². The molecule has 2 aromatic rings. The van der Waals surface area contributed by atoms with Crippen molar-refractivity contribution >= 4 is 0 Å². The molecule has 0 bridgehead atoms. The number of aliphatic hydroxyl groups excluding tert-OH is 1. The van der Waals surface area contributed by atoms with Gasteiger partial charge in [-0.15, -0.1) is 0 Å². The van der Waals surface area contributed by atoms with Crippen molar-refractivity contribution in [3.05, 3.63) is 59.8 Å². The maximum absolute atomic E-state index is 13.0. The Morgan fingerprint density at radius 3 is 2.75 bits per heavy atom. The van der Waals surface area contributed by atoms with Gasteiger partial charge in [-0.1, -0.05) is 12.1 Å². The van der Waals surface area contributed by atoms with Gasteiger partial charge in [0.25, 0.3) is 0 Å². The molecule has 3 heteroatoms. The normalized spacial score (nSPS) is 12.6. The molecule has 0 saturated carbocycles. The van der Waals surface area contributed by atoms with E-state index in [9.17, 15) is 9.50 Å². The van der Waals surface area contributed by atoms with Crippen LogP contribution in [0.4, 0.5) is 4.39 Å². The molecule has 2 rings (SSSR count). The van der Waals surface area contributed by atoms with Gasteiger partial charge in [0.2, 0.25) is 0 Å². The highest BCUT2D eigenvalue weighted by Gasteiger charge is 2.13. The van der Waals surface area contributed by atoms with E-state index in [1.807, 2.05) is 12.1 Å². The Morgan fingerprint density at radius 2 is 2.12 bits per heavy atom. The minimum absolute atomic E-state index is 0.0237. The van der Waals surface area contributed by atoms with Crippen LogP contribution in [0.25, 0.3) is 0 Å². The molecule has 0 spiro atoms. The molecule has 0 fully saturated rings. The zero-order valence-corrected chi connectivity index (χ0v) is 8.77. The van der Waals surface area contributed by atoms with Gasteiger partial charge in [0.05, 0.1) is 12.9 Å². The van der Waals surface area contributed by atoms with Crippen molar-refractivity contribution in [1.82, 2.24) is 0 Å². The molecule has 1 heterocycles. The SMILES string of the molecule is OCC(Cc1ccco1)c1cccc(F)c1. The zero-order chi connectivity index (χ0) is 11.4. The summed E-state index contributed by atoms with van der Waals surface area (Å²) in [6.07, 6.45) is 2.17. The van der Waals surface area contributed by atoms with E-state index in [2.05, 4.69) is 0 Å². The molecule has 1 unspecified atom stereocenters. The lowest BCUT2D eigenvalue weighted by Crippen LogP contribution is -2.07. The molecule has 1 N–H and O–H groups in total. The Kier molecular flexibility index (Phi) is 3.37. The molecule has 16 heavy (non-hydrogen) atoms. The summed E-state index contributed by atoms with van der Waals surface area (Å²) < 4.78 is 18.3. The minimum Gasteiger partial charge on any atom is -0.469 e. The molecule has 0 aliphatic heterocycles. The summed E-state index contributed by atoms with van der Waals surface area (Å²) in [6, 6.07) is 9.95. The molecule has 1 aromatic heterocycles. The smallest absolute Gasteiger partial charge is 0.123 e. The Balaban J connectivity index is 2.16. The molecule has 1 aromatic carbocycles. The van der Waals surface area contributed by atoms with E-state index in [1.165, 1.54) is 12.1 Å². The second-order valence-corrected chi connectivity index (χ2v) is 3.72. The molecule has 0 aliphatic carbocycles. The van der Waals surface area contributed by atoms with Crippen molar-refractivity contribution in [2.24, 2.45) is 0 Å². The standard InChI is InChI=1S/C13H13FO2/c14-12-4-1-3-10(7-12)11(9-15)8-13-5-2-6-16-13/h1-7,11,15H,8-9H2. The second kappa shape index (κ2) is 4.94. The Labute approximate surface area is 93.3 Å². The number of furan rings is 1. The lowest BCUT2D eigenvalue weighted by Gasteiger charge is -2.12. The van der Waals surface area contributed by atoms with Crippen LogP contribution in [0.3, 0.4) is 0 Å². The van der Waals surface area contributed by atoms with Crippen LogP contribution in [0.2, 0.25) is 0 Å². The number of hydrogen-bond acceptors (Lipinski definition) is 2. The highest BCUT2D eigenvalue weighted by atomic mass is 19.1. The molecule has 0 radical (unpaired) electrons. The molecule has 0 amide bonds.